The Balaban J connectivity index is 2.23. The first-order chi connectivity index (χ1) is 8.86. The average molecular weight is 239 g/mol. The summed E-state index contributed by atoms with van der Waals surface area (Å²) in [4.78, 5) is 7.76. The van der Waals surface area contributed by atoms with Gasteiger partial charge in [-0.15, -0.1) is 10.2 Å². The second-order valence-corrected chi connectivity index (χ2v) is 4.07. The van der Waals surface area contributed by atoms with E-state index in [9.17, 15) is 0 Å². The molecule has 1 aromatic carbocycles. The number of aromatic nitrogens is 5. The lowest BCUT2D eigenvalue weighted by atomic mass is 10.2. The van der Waals surface area contributed by atoms with Gasteiger partial charge in [-0.3, -0.25) is 4.40 Å². The molecule has 0 fully saturated rings. The molecular formula is C12H9N5O. The van der Waals surface area contributed by atoms with Crippen LogP contribution in [0.5, 0.6) is 5.75 Å². The monoisotopic (exact) mass is 239 g/mol. The third-order valence-electron chi connectivity index (χ3n) is 3.09. The molecule has 0 unspecified atom stereocenters. The van der Waals surface area contributed by atoms with Gasteiger partial charge >= 0.3 is 0 Å². The Labute approximate surface area is 101 Å². The fourth-order valence-electron chi connectivity index (χ4n) is 2.21. The van der Waals surface area contributed by atoms with Crippen LogP contribution < -0.4 is 4.74 Å². The maximum Gasteiger partial charge on any atom is 0.187 e. The molecule has 0 amide bonds. The van der Waals surface area contributed by atoms with Crippen molar-refractivity contribution in [2.24, 2.45) is 0 Å². The summed E-state index contributed by atoms with van der Waals surface area (Å²) >= 11 is 0. The van der Waals surface area contributed by atoms with Crippen LogP contribution in [0.4, 0.5) is 0 Å². The molecule has 0 atom stereocenters. The predicted octanol–water partition coefficient (Wildman–Crippen LogP) is 1.77. The highest BCUT2D eigenvalue weighted by Crippen LogP contribution is 2.28. The van der Waals surface area contributed by atoms with E-state index in [1.165, 1.54) is 0 Å². The van der Waals surface area contributed by atoms with E-state index in [0.717, 1.165) is 33.3 Å². The first kappa shape index (κ1) is 9.41. The highest BCUT2D eigenvalue weighted by atomic mass is 16.5. The van der Waals surface area contributed by atoms with Crippen molar-refractivity contribution in [3.8, 4) is 5.75 Å². The van der Waals surface area contributed by atoms with Gasteiger partial charge in [0.15, 0.2) is 5.65 Å². The lowest BCUT2D eigenvalue weighted by Crippen LogP contribution is -1.86. The average Bonchev–Trinajstić information content (AvgIpc) is 3.01. The van der Waals surface area contributed by atoms with Gasteiger partial charge in [-0.25, -0.2) is 4.98 Å². The molecule has 6 heteroatoms. The number of ether oxygens (including phenoxy) is 1. The van der Waals surface area contributed by atoms with Gasteiger partial charge in [-0.2, -0.15) is 0 Å². The van der Waals surface area contributed by atoms with Gasteiger partial charge in [0.2, 0.25) is 0 Å². The third kappa shape index (κ3) is 1.09. The van der Waals surface area contributed by atoms with Gasteiger partial charge in [0.1, 0.15) is 29.4 Å². The smallest absolute Gasteiger partial charge is 0.187 e. The van der Waals surface area contributed by atoms with Crippen molar-refractivity contribution in [3.05, 3.63) is 30.9 Å². The zero-order valence-corrected chi connectivity index (χ0v) is 9.58. The molecule has 0 bridgehead atoms. The fourth-order valence-corrected chi connectivity index (χ4v) is 2.21. The van der Waals surface area contributed by atoms with E-state index >= 15 is 0 Å². The minimum Gasteiger partial charge on any atom is -0.497 e. The number of hydrogen-bond acceptors (Lipinski definition) is 4. The van der Waals surface area contributed by atoms with Gasteiger partial charge in [-0.05, 0) is 18.2 Å². The van der Waals surface area contributed by atoms with E-state index in [1.807, 2.05) is 18.2 Å². The molecular weight excluding hydrogens is 230 g/mol. The Bertz CT molecular complexity index is 876. The number of nitrogens with one attached hydrogen (secondary N) is 1. The number of methoxy groups -OCH3 is 1. The summed E-state index contributed by atoms with van der Waals surface area (Å²) in [5.74, 6) is 0.812. The summed E-state index contributed by atoms with van der Waals surface area (Å²) in [6.07, 6.45) is 3.35. The number of benzene rings is 1. The summed E-state index contributed by atoms with van der Waals surface area (Å²) < 4.78 is 7.02. The molecule has 0 aliphatic heterocycles. The van der Waals surface area contributed by atoms with Crippen molar-refractivity contribution >= 4 is 27.6 Å². The van der Waals surface area contributed by atoms with Gasteiger partial charge in [0, 0.05) is 10.9 Å². The SMILES string of the molecule is COc1ccc2[nH]c3c(ncn4cnnc34)c2c1. The van der Waals surface area contributed by atoms with Crippen molar-refractivity contribution in [3.63, 3.8) is 0 Å². The van der Waals surface area contributed by atoms with E-state index in [-0.39, 0.29) is 0 Å². The third-order valence-corrected chi connectivity index (χ3v) is 3.09. The van der Waals surface area contributed by atoms with Crippen molar-refractivity contribution in [2.75, 3.05) is 7.11 Å². The van der Waals surface area contributed by atoms with Crippen molar-refractivity contribution in [2.45, 2.75) is 0 Å². The summed E-state index contributed by atoms with van der Waals surface area (Å²) in [7, 11) is 1.65. The first-order valence-electron chi connectivity index (χ1n) is 5.50. The number of hydrogen-bond donors (Lipinski definition) is 1. The molecule has 1 N–H and O–H groups in total. The summed E-state index contributed by atoms with van der Waals surface area (Å²) in [6, 6.07) is 5.86. The number of aromatic amines is 1. The van der Waals surface area contributed by atoms with Crippen molar-refractivity contribution in [1.82, 2.24) is 24.6 Å². The van der Waals surface area contributed by atoms with E-state index in [1.54, 1.807) is 24.2 Å². The second kappa shape index (κ2) is 3.19. The molecule has 0 aliphatic carbocycles. The van der Waals surface area contributed by atoms with Crippen molar-refractivity contribution in [1.29, 1.82) is 0 Å². The van der Waals surface area contributed by atoms with Crippen LogP contribution in [0.25, 0.3) is 27.6 Å². The fraction of sp³-hybridized carbons (Fsp3) is 0.0833. The van der Waals surface area contributed by atoms with Crippen LogP contribution in [-0.4, -0.2) is 31.7 Å². The van der Waals surface area contributed by atoms with Gasteiger partial charge < -0.3 is 9.72 Å². The molecule has 4 rings (SSSR count). The molecule has 0 aliphatic rings. The molecule has 4 aromatic rings. The molecule has 6 nitrogen and oxygen atoms in total. The van der Waals surface area contributed by atoms with Crippen LogP contribution in [0.15, 0.2) is 30.9 Å². The second-order valence-electron chi connectivity index (χ2n) is 4.07. The molecule has 3 heterocycles. The number of H-pyrrole nitrogens is 1. The maximum absolute atomic E-state index is 5.24. The zero-order chi connectivity index (χ0) is 12.1. The molecule has 0 radical (unpaired) electrons. The summed E-state index contributed by atoms with van der Waals surface area (Å²) in [5.41, 5.74) is 3.55. The quantitative estimate of drug-likeness (QED) is 0.549. The van der Waals surface area contributed by atoms with Gasteiger partial charge in [0.25, 0.3) is 0 Å². The zero-order valence-electron chi connectivity index (χ0n) is 9.58. The van der Waals surface area contributed by atoms with E-state index in [2.05, 4.69) is 20.2 Å². The molecule has 0 saturated heterocycles. The van der Waals surface area contributed by atoms with E-state index in [0.29, 0.717) is 0 Å². The van der Waals surface area contributed by atoms with E-state index in [4.69, 9.17) is 4.74 Å². The lowest BCUT2D eigenvalue weighted by molar-refractivity contribution is 0.415. The van der Waals surface area contributed by atoms with Crippen LogP contribution in [0.2, 0.25) is 0 Å². The molecule has 0 spiro atoms. The summed E-state index contributed by atoms with van der Waals surface area (Å²) in [6.45, 7) is 0. The minimum absolute atomic E-state index is 0.773. The number of rotatable bonds is 1. The first-order valence-corrected chi connectivity index (χ1v) is 5.50. The predicted molar refractivity (Wildman–Crippen MR) is 66.7 cm³/mol. The molecule has 0 saturated carbocycles. The lowest BCUT2D eigenvalue weighted by Gasteiger charge is -1.98. The molecule has 18 heavy (non-hydrogen) atoms. The number of nitrogens with zero attached hydrogens (tertiary/aromatic N) is 4. The Kier molecular flexibility index (Phi) is 1.67. The van der Waals surface area contributed by atoms with Gasteiger partial charge in [0.05, 0.1) is 7.11 Å². The maximum atomic E-state index is 5.24. The van der Waals surface area contributed by atoms with Crippen LogP contribution in [0, 0.1) is 0 Å². The Morgan fingerprint density at radius 2 is 2.22 bits per heavy atom. The van der Waals surface area contributed by atoms with Crippen LogP contribution in [0.3, 0.4) is 0 Å². The Hall–Kier alpha value is -2.63. The highest BCUT2D eigenvalue weighted by Gasteiger charge is 2.11. The van der Waals surface area contributed by atoms with Crippen LogP contribution >= 0.6 is 0 Å². The van der Waals surface area contributed by atoms with E-state index < -0.39 is 0 Å². The Morgan fingerprint density at radius 3 is 3.11 bits per heavy atom. The summed E-state index contributed by atoms with van der Waals surface area (Å²) in [5, 5.41) is 9.00. The topological polar surface area (TPSA) is 68.1 Å². The van der Waals surface area contributed by atoms with Gasteiger partial charge in [-0.1, -0.05) is 0 Å². The van der Waals surface area contributed by atoms with Crippen LogP contribution in [0.1, 0.15) is 0 Å². The highest BCUT2D eigenvalue weighted by molar-refractivity contribution is 6.09. The minimum atomic E-state index is 0.773. The number of fused-ring (bicyclic) bond motifs is 5. The van der Waals surface area contributed by atoms with Crippen molar-refractivity contribution < 1.29 is 4.74 Å². The molecule has 88 valence electrons. The Morgan fingerprint density at radius 1 is 1.28 bits per heavy atom. The largest absolute Gasteiger partial charge is 0.497 e. The van der Waals surface area contributed by atoms with Crippen LogP contribution in [-0.2, 0) is 0 Å². The normalized spacial score (nSPS) is 11.6. The standard InChI is InChI=1S/C12H9N5O/c1-18-7-2-3-9-8(4-7)10-11(15-9)12-16-14-6-17(12)5-13-10/h2-6,15H,1H3. The molecule has 3 aromatic heterocycles.